The Hall–Kier alpha value is -1.69. The van der Waals surface area contributed by atoms with Crippen molar-refractivity contribution in [1.82, 2.24) is 9.78 Å². The number of nitrogens with one attached hydrogen (secondary N) is 1. The fourth-order valence-electron chi connectivity index (χ4n) is 1.45. The Morgan fingerprint density at radius 3 is 2.94 bits per heavy atom. The highest BCUT2D eigenvalue weighted by Crippen LogP contribution is 2.20. The second-order valence-electron chi connectivity index (χ2n) is 3.78. The van der Waals surface area contributed by atoms with Crippen LogP contribution >= 0.6 is 15.9 Å². The molecule has 1 heterocycles. The van der Waals surface area contributed by atoms with Gasteiger partial charge < -0.3 is 5.32 Å². The molecule has 1 atom stereocenters. The van der Waals surface area contributed by atoms with Crippen LogP contribution in [-0.2, 0) is 4.79 Å². The molecule has 0 saturated heterocycles. The summed E-state index contributed by atoms with van der Waals surface area (Å²) in [6, 6.07) is 5.64. The van der Waals surface area contributed by atoms with E-state index < -0.39 is 6.04 Å². The van der Waals surface area contributed by atoms with Crippen LogP contribution in [0.1, 0.15) is 13.0 Å². The maximum Gasteiger partial charge on any atom is 0.248 e. The molecular weight excluding hydrogens is 301 g/mol. The summed E-state index contributed by atoms with van der Waals surface area (Å²) in [5, 5.41) is 6.70. The molecule has 0 fully saturated rings. The van der Waals surface area contributed by atoms with E-state index in [0.717, 1.165) is 0 Å². The summed E-state index contributed by atoms with van der Waals surface area (Å²) in [6.07, 6.45) is 3.32. The Bertz CT molecular complexity index is 556. The number of aromatic nitrogens is 2. The molecule has 4 nitrogen and oxygen atoms in total. The Balaban J connectivity index is 2.09. The van der Waals surface area contributed by atoms with Gasteiger partial charge in [-0.15, -0.1) is 0 Å². The lowest BCUT2D eigenvalue weighted by Crippen LogP contribution is -2.23. The van der Waals surface area contributed by atoms with Gasteiger partial charge >= 0.3 is 0 Å². The Morgan fingerprint density at radius 2 is 2.33 bits per heavy atom. The van der Waals surface area contributed by atoms with Crippen LogP contribution in [0.3, 0.4) is 0 Å². The number of carbonyl (C=O) groups excluding carboxylic acids is 1. The first-order valence-corrected chi connectivity index (χ1v) is 6.12. The highest BCUT2D eigenvalue weighted by molar-refractivity contribution is 9.10. The number of hydrogen-bond acceptors (Lipinski definition) is 2. The number of halogens is 2. The average Bonchev–Trinajstić information content (AvgIpc) is 2.86. The van der Waals surface area contributed by atoms with E-state index in [1.807, 2.05) is 0 Å². The zero-order chi connectivity index (χ0) is 13.1. The quantitative estimate of drug-likeness (QED) is 0.947. The predicted octanol–water partition coefficient (Wildman–Crippen LogP) is 2.98. The van der Waals surface area contributed by atoms with Gasteiger partial charge in [-0.25, -0.2) is 4.39 Å². The van der Waals surface area contributed by atoms with Gasteiger partial charge in [0.05, 0.1) is 4.47 Å². The summed E-state index contributed by atoms with van der Waals surface area (Å²) in [4.78, 5) is 11.9. The maximum absolute atomic E-state index is 13.0. The average molecular weight is 312 g/mol. The molecule has 1 amide bonds. The van der Waals surface area contributed by atoms with Crippen molar-refractivity contribution in [2.24, 2.45) is 0 Å². The van der Waals surface area contributed by atoms with Crippen molar-refractivity contribution in [3.8, 4) is 0 Å². The molecule has 2 rings (SSSR count). The summed E-state index contributed by atoms with van der Waals surface area (Å²) >= 11 is 3.07. The molecule has 1 aromatic heterocycles. The number of amides is 1. The van der Waals surface area contributed by atoms with E-state index in [1.54, 1.807) is 30.1 Å². The van der Waals surface area contributed by atoms with Crippen molar-refractivity contribution in [1.29, 1.82) is 0 Å². The van der Waals surface area contributed by atoms with Crippen LogP contribution in [0, 0.1) is 5.82 Å². The lowest BCUT2D eigenvalue weighted by atomic mass is 10.2. The Labute approximate surface area is 112 Å². The van der Waals surface area contributed by atoms with Gasteiger partial charge in [0.15, 0.2) is 0 Å². The highest BCUT2D eigenvalue weighted by atomic mass is 79.9. The zero-order valence-electron chi connectivity index (χ0n) is 9.60. The van der Waals surface area contributed by atoms with Crippen molar-refractivity contribution in [3.05, 3.63) is 46.9 Å². The van der Waals surface area contributed by atoms with Gasteiger partial charge in [0.25, 0.3) is 0 Å². The molecule has 0 bridgehead atoms. The van der Waals surface area contributed by atoms with Gasteiger partial charge in [-0.1, -0.05) is 0 Å². The molecule has 6 heteroatoms. The van der Waals surface area contributed by atoms with E-state index in [1.165, 1.54) is 18.2 Å². The summed E-state index contributed by atoms with van der Waals surface area (Å²) in [6.45, 7) is 1.74. The molecule has 0 spiro atoms. The van der Waals surface area contributed by atoms with Gasteiger partial charge in [0, 0.05) is 18.1 Å². The number of rotatable bonds is 3. The molecule has 0 aliphatic rings. The third-order valence-electron chi connectivity index (χ3n) is 2.49. The molecule has 18 heavy (non-hydrogen) atoms. The maximum atomic E-state index is 13.0. The summed E-state index contributed by atoms with van der Waals surface area (Å²) < 4.78 is 14.9. The van der Waals surface area contributed by atoms with Gasteiger partial charge in [0.1, 0.15) is 11.9 Å². The summed E-state index contributed by atoms with van der Waals surface area (Å²) in [5.41, 5.74) is 0.535. The van der Waals surface area contributed by atoms with Gasteiger partial charge in [-0.2, -0.15) is 5.10 Å². The standard InChI is InChI=1S/C12H11BrFN3O/c1-8(17-6-2-5-15-17)12(18)16-9-3-4-11(14)10(13)7-9/h2-8H,1H3,(H,16,18). The van der Waals surface area contributed by atoms with Crippen molar-refractivity contribution in [2.75, 3.05) is 5.32 Å². The van der Waals surface area contributed by atoms with Crippen LogP contribution in [0.15, 0.2) is 41.1 Å². The van der Waals surface area contributed by atoms with Crippen LogP contribution < -0.4 is 5.32 Å². The zero-order valence-corrected chi connectivity index (χ0v) is 11.2. The van der Waals surface area contributed by atoms with Crippen molar-refractivity contribution >= 4 is 27.5 Å². The minimum atomic E-state index is -0.427. The lowest BCUT2D eigenvalue weighted by molar-refractivity contribution is -0.119. The molecule has 0 saturated carbocycles. The van der Waals surface area contributed by atoms with Crippen LogP contribution in [0.2, 0.25) is 0 Å². The molecule has 0 radical (unpaired) electrons. The fraction of sp³-hybridized carbons (Fsp3) is 0.167. The first kappa shape index (κ1) is 12.8. The van der Waals surface area contributed by atoms with E-state index in [2.05, 4.69) is 26.3 Å². The third-order valence-corrected chi connectivity index (χ3v) is 3.10. The van der Waals surface area contributed by atoms with E-state index in [0.29, 0.717) is 10.2 Å². The second-order valence-corrected chi connectivity index (χ2v) is 4.63. The lowest BCUT2D eigenvalue weighted by Gasteiger charge is -2.12. The van der Waals surface area contributed by atoms with E-state index in [9.17, 15) is 9.18 Å². The Morgan fingerprint density at radius 1 is 1.56 bits per heavy atom. The number of benzene rings is 1. The molecule has 1 N–H and O–H groups in total. The molecular formula is C12H11BrFN3O. The smallest absolute Gasteiger partial charge is 0.248 e. The number of carbonyl (C=O) groups is 1. The predicted molar refractivity (Wildman–Crippen MR) is 69.7 cm³/mol. The molecule has 1 unspecified atom stereocenters. The van der Waals surface area contributed by atoms with Crippen molar-refractivity contribution in [2.45, 2.75) is 13.0 Å². The van der Waals surface area contributed by atoms with E-state index in [4.69, 9.17) is 0 Å². The van der Waals surface area contributed by atoms with Gasteiger partial charge in [-0.05, 0) is 47.1 Å². The third kappa shape index (κ3) is 2.76. The Kier molecular flexibility index (Phi) is 3.76. The van der Waals surface area contributed by atoms with E-state index >= 15 is 0 Å². The minimum absolute atomic E-state index is 0.211. The number of anilines is 1. The second kappa shape index (κ2) is 5.30. The van der Waals surface area contributed by atoms with Crippen LogP contribution in [0.25, 0.3) is 0 Å². The molecule has 0 aliphatic heterocycles. The fourth-order valence-corrected chi connectivity index (χ4v) is 1.83. The normalized spacial score (nSPS) is 12.2. The first-order valence-electron chi connectivity index (χ1n) is 5.33. The van der Waals surface area contributed by atoms with Gasteiger partial charge in [-0.3, -0.25) is 9.48 Å². The number of nitrogens with zero attached hydrogens (tertiary/aromatic N) is 2. The molecule has 1 aromatic carbocycles. The number of hydrogen-bond donors (Lipinski definition) is 1. The monoisotopic (exact) mass is 311 g/mol. The largest absolute Gasteiger partial charge is 0.324 e. The van der Waals surface area contributed by atoms with Crippen molar-refractivity contribution < 1.29 is 9.18 Å². The SMILES string of the molecule is CC(C(=O)Nc1ccc(F)c(Br)c1)n1cccn1. The highest BCUT2D eigenvalue weighted by Gasteiger charge is 2.15. The molecule has 2 aromatic rings. The topological polar surface area (TPSA) is 46.9 Å². The van der Waals surface area contributed by atoms with Crippen molar-refractivity contribution in [3.63, 3.8) is 0 Å². The molecule has 0 aliphatic carbocycles. The van der Waals surface area contributed by atoms with Crippen LogP contribution in [0.5, 0.6) is 0 Å². The minimum Gasteiger partial charge on any atom is -0.324 e. The summed E-state index contributed by atoms with van der Waals surface area (Å²) in [5.74, 6) is -0.578. The van der Waals surface area contributed by atoms with E-state index in [-0.39, 0.29) is 11.7 Å². The van der Waals surface area contributed by atoms with Crippen LogP contribution in [0.4, 0.5) is 10.1 Å². The molecule has 94 valence electrons. The van der Waals surface area contributed by atoms with Gasteiger partial charge in [0.2, 0.25) is 5.91 Å². The summed E-state index contributed by atoms with van der Waals surface area (Å²) in [7, 11) is 0. The van der Waals surface area contributed by atoms with Crippen LogP contribution in [-0.4, -0.2) is 15.7 Å². The first-order chi connectivity index (χ1) is 8.58.